The first-order valence-electron chi connectivity index (χ1n) is 8.54. The lowest BCUT2D eigenvalue weighted by atomic mass is 9.95. The molecule has 3 rings (SSSR count). The molecule has 26 heavy (non-hydrogen) atoms. The van der Waals surface area contributed by atoms with Gasteiger partial charge in [0.2, 0.25) is 5.91 Å². The van der Waals surface area contributed by atoms with E-state index in [9.17, 15) is 18.4 Å². The predicted octanol–water partition coefficient (Wildman–Crippen LogP) is 3.29. The molecule has 1 aliphatic heterocycles. The topological polar surface area (TPSA) is 62.6 Å². The zero-order valence-electron chi connectivity index (χ0n) is 14.4. The molecule has 2 amide bonds. The van der Waals surface area contributed by atoms with E-state index >= 15 is 0 Å². The van der Waals surface area contributed by atoms with Crippen LogP contribution in [0.5, 0.6) is 0 Å². The predicted molar refractivity (Wildman–Crippen MR) is 90.3 cm³/mol. The number of amides is 2. The van der Waals surface area contributed by atoms with Crippen molar-refractivity contribution in [3.05, 3.63) is 59.6 Å². The van der Waals surface area contributed by atoms with Gasteiger partial charge in [0, 0.05) is 19.0 Å². The van der Waals surface area contributed by atoms with Crippen LogP contribution in [0.4, 0.5) is 8.78 Å². The number of likely N-dealkylation sites (tertiary alicyclic amines) is 1. The number of hydrogen-bond acceptors (Lipinski definition) is 3. The van der Waals surface area contributed by atoms with Crippen molar-refractivity contribution in [2.75, 3.05) is 13.1 Å². The minimum atomic E-state index is -0.937. The van der Waals surface area contributed by atoms with Crippen LogP contribution in [-0.2, 0) is 4.79 Å². The molecule has 1 unspecified atom stereocenters. The van der Waals surface area contributed by atoms with Gasteiger partial charge in [0.25, 0.3) is 5.91 Å². The van der Waals surface area contributed by atoms with Crippen LogP contribution in [0.15, 0.2) is 41.0 Å². The SMILES string of the molecule is CC(NC(=O)C1CCN(C(=O)c2ccco2)CC1)c1ccc(F)c(F)c1. The van der Waals surface area contributed by atoms with Crippen molar-refractivity contribution < 1.29 is 22.8 Å². The summed E-state index contributed by atoms with van der Waals surface area (Å²) in [6, 6.07) is 6.43. The number of rotatable bonds is 4. The molecule has 1 aromatic carbocycles. The summed E-state index contributed by atoms with van der Waals surface area (Å²) in [5, 5.41) is 2.83. The molecule has 1 atom stereocenters. The van der Waals surface area contributed by atoms with Gasteiger partial charge in [-0.3, -0.25) is 9.59 Å². The first-order valence-corrected chi connectivity index (χ1v) is 8.54. The van der Waals surface area contributed by atoms with Crippen molar-refractivity contribution in [2.45, 2.75) is 25.8 Å². The molecule has 0 saturated carbocycles. The summed E-state index contributed by atoms with van der Waals surface area (Å²) in [6.07, 6.45) is 2.54. The lowest BCUT2D eigenvalue weighted by Gasteiger charge is -2.31. The average Bonchev–Trinajstić information content (AvgIpc) is 3.18. The molecule has 1 aliphatic rings. The Morgan fingerprint density at radius 2 is 1.92 bits per heavy atom. The summed E-state index contributed by atoms with van der Waals surface area (Å²) in [5.41, 5.74) is 0.502. The number of piperidine rings is 1. The van der Waals surface area contributed by atoms with Crippen LogP contribution < -0.4 is 5.32 Å². The number of halogens is 2. The average molecular weight is 362 g/mol. The largest absolute Gasteiger partial charge is 0.459 e. The van der Waals surface area contributed by atoms with Crippen LogP contribution in [0, 0.1) is 17.6 Å². The number of furan rings is 1. The summed E-state index contributed by atoms with van der Waals surface area (Å²) < 4.78 is 31.5. The summed E-state index contributed by atoms with van der Waals surface area (Å²) in [6.45, 7) is 2.66. The van der Waals surface area contributed by atoms with Crippen LogP contribution in [0.25, 0.3) is 0 Å². The molecular formula is C19H20F2N2O3. The van der Waals surface area contributed by atoms with Crippen molar-refractivity contribution >= 4 is 11.8 Å². The zero-order valence-corrected chi connectivity index (χ0v) is 14.4. The second-order valence-corrected chi connectivity index (χ2v) is 6.45. The maximum Gasteiger partial charge on any atom is 0.289 e. The maximum atomic E-state index is 13.3. The summed E-state index contributed by atoms with van der Waals surface area (Å²) >= 11 is 0. The number of carbonyl (C=O) groups is 2. The fourth-order valence-electron chi connectivity index (χ4n) is 3.10. The molecule has 0 radical (unpaired) electrons. The molecule has 0 spiro atoms. The van der Waals surface area contributed by atoms with Crippen molar-refractivity contribution in [1.29, 1.82) is 0 Å². The Bertz CT molecular complexity index is 784. The second kappa shape index (κ2) is 7.68. The van der Waals surface area contributed by atoms with Gasteiger partial charge in [-0.2, -0.15) is 0 Å². The van der Waals surface area contributed by atoms with Gasteiger partial charge in [0.05, 0.1) is 12.3 Å². The Hall–Kier alpha value is -2.70. The fourth-order valence-corrected chi connectivity index (χ4v) is 3.10. The number of nitrogens with zero attached hydrogens (tertiary/aromatic N) is 1. The van der Waals surface area contributed by atoms with Gasteiger partial charge in [-0.05, 0) is 49.6 Å². The molecule has 1 fully saturated rings. The minimum absolute atomic E-state index is 0.146. The van der Waals surface area contributed by atoms with Crippen molar-refractivity contribution in [3.8, 4) is 0 Å². The van der Waals surface area contributed by atoms with Crippen molar-refractivity contribution in [2.24, 2.45) is 5.92 Å². The fraction of sp³-hybridized carbons (Fsp3) is 0.368. The van der Waals surface area contributed by atoms with E-state index in [-0.39, 0.29) is 17.7 Å². The lowest BCUT2D eigenvalue weighted by molar-refractivity contribution is -0.127. The highest BCUT2D eigenvalue weighted by atomic mass is 19.2. The Kier molecular flexibility index (Phi) is 5.35. The van der Waals surface area contributed by atoms with E-state index in [4.69, 9.17) is 4.42 Å². The van der Waals surface area contributed by atoms with Gasteiger partial charge in [-0.15, -0.1) is 0 Å². The van der Waals surface area contributed by atoms with Crippen LogP contribution in [0.2, 0.25) is 0 Å². The van der Waals surface area contributed by atoms with Gasteiger partial charge in [0.1, 0.15) is 0 Å². The molecule has 1 aromatic heterocycles. The first kappa shape index (κ1) is 18.1. The highest BCUT2D eigenvalue weighted by Crippen LogP contribution is 2.22. The third-order valence-electron chi connectivity index (χ3n) is 4.69. The third kappa shape index (κ3) is 3.92. The van der Waals surface area contributed by atoms with E-state index < -0.39 is 17.7 Å². The number of benzene rings is 1. The Labute approximate surface area is 150 Å². The number of nitrogens with one attached hydrogen (secondary N) is 1. The van der Waals surface area contributed by atoms with Gasteiger partial charge in [-0.25, -0.2) is 8.78 Å². The number of carbonyl (C=O) groups excluding carboxylic acids is 2. The van der Waals surface area contributed by atoms with E-state index in [0.29, 0.717) is 37.3 Å². The molecule has 7 heteroatoms. The smallest absolute Gasteiger partial charge is 0.289 e. The molecule has 1 N–H and O–H groups in total. The maximum absolute atomic E-state index is 13.3. The van der Waals surface area contributed by atoms with E-state index in [1.165, 1.54) is 12.3 Å². The van der Waals surface area contributed by atoms with Gasteiger partial charge >= 0.3 is 0 Å². The van der Waals surface area contributed by atoms with E-state index in [0.717, 1.165) is 12.1 Å². The van der Waals surface area contributed by atoms with Gasteiger partial charge in [0.15, 0.2) is 17.4 Å². The van der Waals surface area contributed by atoms with Crippen LogP contribution in [0.1, 0.15) is 41.9 Å². The van der Waals surface area contributed by atoms with Crippen LogP contribution in [0.3, 0.4) is 0 Å². The van der Waals surface area contributed by atoms with E-state index in [1.54, 1.807) is 24.0 Å². The standard InChI is InChI=1S/C19H20F2N2O3/c1-12(14-4-5-15(20)16(21)11-14)22-18(24)13-6-8-23(9-7-13)19(25)17-3-2-10-26-17/h2-5,10-13H,6-9H2,1H3,(H,22,24). The normalized spacial score (nSPS) is 16.3. The zero-order chi connectivity index (χ0) is 18.7. The van der Waals surface area contributed by atoms with Crippen LogP contribution in [-0.4, -0.2) is 29.8 Å². The monoisotopic (exact) mass is 362 g/mol. The number of hydrogen-bond donors (Lipinski definition) is 1. The van der Waals surface area contributed by atoms with Crippen LogP contribution >= 0.6 is 0 Å². The second-order valence-electron chi connectivity index (χ2n) is 6.45. The molecule has 2 aromatic rings. The highest BCUT2D eigenvalue weighted by Gasteiger charge is 2.29. The van der Waals surface area contributed by atoms with Crippen molar-refractivity contribution in [3.63, 3.8) is 0 Å². The molecule has 1 saturated heterocycles. The van der Waals surface area contributed by atoms with Gasteiger partial charge < -0.3 is 14.6 Å². The minimum Gasteiger partial charge on any atom is -0.459 e. The lowest BCUT2D eigenvalue weighted by Crippen LogP contribution is -2.43. The Morgan fingerprint density at radius 1 is 1.19 bits per heavy atom. The Morgan fingerprint density at radius 3 is 2.54 bits per heavy atom. The Balaban J connectivity index is 1.53. The summed E-state index contributed by atoms with van der Waals surface area (Å²) in [4.78, 5) is 26.3. The molecule has 138 valence electrons. The third-order valence-corrected chi connectivity index (χ3v) is 4.69. The molecule has 0 bridgehead atoms. The van der Waals surface area contributed by atoms with E-state index in [2.05, 4.69) is 5.32 Å². The quantitative estimate of drug-likeness (QED) is 0.908. The first-order chi connectivity index (χ1) is 12.5. The molecule has 5 nitrogen and oxygen atoms in total. The molecule has 0 aliphatic carbocycles. The summed E-state index contributed by atoms with van der Waals surface area (Å²) in [5.74, 6) is -2.10. The van der Waals surface area contributed by atoms with E-state index in [1.807, 2.05) is 0 Å². The summed E-state index contributed by atoms with van der Waals surface area (Å²) in [7, 11) is 0. The molecule has 2 heterocycles. The van der Waals surface area contributed by atoms with Gasteiger partial charge in [-0.1, -0.05) is 6.07 Å². The highest BCUT2D eigenvalue weighted by molar-refractivity contribution is 5.91. The molecular weight excluding hydrogens is 342 g/mol. The van der Waals surface area contributed by atoms with Crippen molar-refractivity contribution in [1.82, 2.24) is 10.2 Å².